The fourth-order valence-corrected chi connectivity index (χ4v) is 2.07. The molecule has 4 unspecified atom stereocenters. The van der Waals surface area contributed by atoms with Gasteiger partial charge in [-0.1, -0.05) is 20.8 Å². The highest BCUT2D eigenvalue weighted by Gasteiger charge is 2.29. The molecule has 0 aromatic rings. The lowest BCUT2D eigenvalue weighted by Crippen LogP contribution is -2.36. The van der Waals surface area contributed by atoms with Gasteiger partial charge in [-0.05, 0) is 30.6 Å². The largest absolute Gasteiger partial charge is 0.396 e. The molecule has 0 radical (unpaired) electrons. The van der Waals surface area contributed by atoms with Crippen LogP contribution in [0.15, 0.2) is 0 Å². The fraction of sp³-hybridized carbons (Fsp3) is 1.00. The number of hydrogen-bond donors (Lipinski definition) is 2. The minimum absolute atomic E-state index is 0.295. The highest BCUT2D eigenvalue weighted by atomic mass is 16.3. The molecule has 13 heavy (non-hydrogen) atoms. The van der Waals surface area contributed by atoms with Crippen molar-refractivity contribution in [3.63, 3.8) is 0 Å². The van der Waals surface area contributed by atoms with Crippen LogP contribution in [0.3, 0.4) is 0 Å². The van der Waals surface area contributed by atoms with E-state index in [0.717, 1.165) is 18.4 Å². The van der Waals surface area contributed by atoms with Crippen molar-refractivity contribution in [1.29, 1.82) is 0 Å². The molecular formula is C11H23NO. The van der Waals surface area contributed by atoms with E-state index in [0.29, 0.717) is 18.6 Å². The average molecular weight is 185 g/mol. The minimum atomic E-state index is 0.295. The molecule has 0 spiro atoms. The minimum Gasteiger partial charge on any atom is -0.396 e. The van der Waals surface area contributed by atoms with Crippen molar-refractivity contribution in [3.05, 3.63) is 0 Å². The second-order valence-electron chi connectivity index (χ2n) is 4.72. The van der Waals surface area contributed by atoms with E-state index in [-0.39, 0.29) is 0 Å². The van der Waals surface area contributed by atoms with Gasteiger partial charge in [0.2, 0.25) is 0 Å². The number of rotatable bonds is 4. The summed E-state index contributed by atoms with van der Waals surface area (Å²) in [4.78, 5) is 0. The Bertz CT molecular complexity index is 149. The summed E-state index contributed by atoms with van der Waals surface area (Å²) >= 11 is 0. The maximum Gasteiger partial charge on any atom is 0.0468 e. The Balaban J connectivity index is 2.22. The van der Waals surface area contributed by atoms with Crippen molar-refractivity contribution < 1.29 is 5.11 Å². The summed E-state index contributed by atoms with van der Waals surface area (Å²) in [7, 11) is 0. The van der Waals surface area contributed by atoms with Gasteiger partial charge in [0.15, 0.2) is 0 Å². The lowest BCUT2D eigenvalue weighted by atomic mass is 9.97. The summed E-state index contributed by atoms with van der Waals surface area (Å²) < 4.78 is 0. The van der Waals surface area contributed by atoms with E-state index in [2.05, 4.69) is 26.1 Å². The predicted octanol–water partition coefficient (Wildman–Crippen LogP) is 1.64. The number of aliphatic hydroxyl groups excluding tert-OH is 1. The smallest absolute Gasteiger partial charge is 0.0468 e. The van der Waals surface area contributed by atoms with Crippen molar-refractivity contribution in [2.75, 3.05) is 13.2 Å². The first-order valence-corrected chi connectivity index (χ1v) is 5.49. The van der Waals surface area contributed by atoms with Gasteiger partial charge in [0.05, 0.1) is 0 Å². The van der Waals surface area contributed by atoms with Gasteiger partial charge in [0, 0.05) is 19.2 Å². The van der Waals surface area contributed by atoms with Gasteiger partial charge in [0.1, 0.15) is 0 Å². The zero-order valence-electron chi connectivity index (χ0n) is 9.09. The standard InChI is InChI=1S/C11H23NO/c1-8(7-13)6-12-11-5-4-9(2)10(11)3/h8-13H,4-7H2,1-3H3. The molecule has 2 nitrogen and oxygen atoms in total. The Morgan fingerprint density at radius 2 is 2.08 bits per heavy atom. The Kier molecular flexibility index (Phi) is 4.20. The molecule has 0 amide bonds. The molecule has 1 saturated carbocycles. The maximum atomic E-state index is 8.89. The third-order valence-corrected chi connectivity index (χ3v) is 3.51. The Labute approximate surface area is 81.7 Å². The third kappa shape index (κ3) is 2.96. The van der Waals surface area contributed by atoms with E-state index in [1.165, 1.54) is 12.8 Å². The third-order valence-electron chi connectivity index (χ3n) is 3.51. The van der Waals surface area contributed by atoms with Crippen molar-refractivity contribution in [3.8, 4) is 0 Å². The maximum absolute atomic E-state index is 8.89. The lowest BCUT2D eigenvalue weighted by molar-refractivity contribution is 0.225. The number of hydrogen-bond acceptors (Lipinski definition) is 2. The summed E-state index contributed by atoms with van der Waals surface area (Å²) in [6, 6.07) is 0.684. The molecule has 78 valence electrons. The van der Waals surface area contributed by atoms with Crippen LogP contribution in [-0.4, -0.2) is 24.3 Å². The Hall–Kier alpha value is -0.0800. The van der Waals surface area contributed by atoms with Crippen LogP contribution >= 0.6 is 0 Å². The molecule has 1 aliphatic carbocycles. The zero-order valence-corrected chi connectivity index (χ0v) is 9.09. The molecule has 0 heterocycles. The molecule has 4 atom stereocenters. The molecular weight excluding hydrogens is 162 g/mol. The van der Waals surface area contributed by atoms with Crippen LogP contribution in [0.4, 0.5) is 0 Å². The van der Waals surface area contributed by atoms with Gasteiger partial charge in [0.25, 0.3) is 0 Å². The predicted molar refractivity (Wildman–Crippen MR) is 55.6 cm³/mol. The highest BCUT2D eigenvalue weighted by molar-refractivity contribution is 4.84. The van der Waals surface area contributed by atoms with Gasteiger partial charge in [-0.3, -0.25) is 0 Å². The molecule has 0 aliphatic heterocycles. The molecule has 1 fully saturated rings. The van der Waals surface area contributed by atoms with Gasteiger partial charge >= 0.3 is 0 Å². The lowest BCUT2D eigenvalue weighted by Gasteiger charge is -2.21. The van der Waals surface area contributed by atoms with Crippen LogP contribution in [0.2, 0.25) is 0 Å². The van der Waals surface area contributed by atoms with Crippen LogP contribution < -0.4 is 5.32 Å². The summed E-state index contributed by atoms with van der Waals surface area (Å²) in [5, 5.41) is 12.4. The molecule has 1 aliphatic rings. The summed E-state index contributed by atoms with van der Waals surface area (Å²) in [6.07, 6.45) is 2.66. The second kappa shape index (κ2) is 4.97. The molecule has 0 saturated heterocycles. The van der Waals surface area contributed by atoms with Gasteiger partial charge in [-0.2, -0.15) is 0 Å². The van der Waals surface area contributed by atoms with Crippen molar-refractivity contribution in [2.24, 2.45) is 17.8 Å². The fourth-order valence-electron chi connectivity index (χ4n) is 2.07. The number of aliphatic hydroxyl groups is 1. The quantitative estimate of drug-likeness (QED) is 0.698. The van der Waals surface area contributed by atoms with Crippen molar-refractivity contribution in [1.82, 2.24) is 5.32 Å². The zero-order chi connectivity index (χ0) is 9.84. The topological polar surface area (TPSA) is 32.3 Å². The molecule has 2 N–H and O–H groups in total. The molecule has 0 aromatic carbocycles. The summed E-state index contributed by atoms with van der Waals surface area (Å²) in [6.45, 7) is 8.00. The molecule has 0 bridgehead atoms. The molecule has 1 rings (SSSR count). The Morgan fingerprint density at radius 3 is 2.54 bits per heavy atom. The van der Waals surface area contributed by atoms with Crippen LogP contribution in [0.5, 0.6) is 0 Å². The van der Waals surface area contributed by atoms with Gasteiger partial charge < -0.3 is 10.4 Å². The van der Waals surface area contributed by atoms with Crippen LogP contribution in [-0.2, 0) is 0 Å². The van der Waals surface area contributed by atoms with Crippen LogP contribution in [0.25, 0.3) is 0 Å². The average Bonchev–Trinajstić information content (AvgIpc) is 2.44. The summed E-state index contributed by atoms with van der Waals surface area (Å²) in [5.74, 6) is 2.05. The first-order valence-electron chi connectivity index (χ1n) is 5.49. The first-order chi connectivity index (χ1) is 6.15. The monoisotopic (exact) mass is 185 g/mol. The van der Waals surface area contributed by atoms with E-state index in [4.69, 9.17) is 5.11 Å². The van der Waals surface area contributed by atoms with E-state index < -0.39 is 0 Å². The van der Waals surface area contributed by atoms with Crippen LogP contribution in [0.1, 0.15) is 33.6 Å². The first kappa shape index (κ1) is 11.0. The van der Waals surface area contributed by atoms with Crippen LogP contribution in [0, 0.1) is 17.8 Å². The highest BCUT2D eigenvalue weighted by Crippen LogP contribution is 2.30. The Morgan fingerprint density at radius 1 is 1.38 bits per heavy atom. The van der Waals surface area contributed by atoms with E-state index >= 15 is 0 Å². The molecule has 2 heteroatoms. The van der Waals surface area contributed by atoms with Gasteiger partial charge in [-0.15, -0.1) is 0 Å². The van der Waals surface area contributed by atoms with E-state index in [1.54, 1.807) is 0 Å². The second-order valence-corrected chi connectivity index (χ2v) is 4.72. The van der Waals surface area contributed by atoms with Gasteiger partial charge in [-0.25, -0.2) is 0 Å². The van der Waals surface area contributed by atoms with E-state index in [9.17, 15) is 0 Å². The van der Waals surface area contributed by atoms with E-state index in [1.807, 2.05) is 0 Å². The molecule has 0 aromatic heterocycles. The summed E-state index contributed by atoms with van der Waals surface area (Å²) in [5.41, 5.74) is 0. The van der Waals surface area contributed by atoms with Crippen molar-refractivity contribution in [2.45, 2.75) is 39.7 Å². The van der Waals surface area contributed by atoms with Crippen molar-refractivity contribution >= 4 is 0 Å². The SMILES string of the molecule is CC(CO)CNC1CCC(C)C1C. The number of nitrogens with one attached hydrogen (secondary N) is 1. The normalized spacial score (nSPS) is 36.5.